The zero-order chi connectivity index (χ0) is 20.0. The number of hydrogen-bond donors (Lipinski definition) is 1. The number of methoxy groups -OCH3 is 2. The maximum absolute atomic E-state index is 12.7. The molecular formula is C19H25NO7. The van der Waals surface area contributed by atoms with Crippen LogP contribution in [0.5, 0.6) is 5.75 Å². The fraction of sp³-hybridized carbons (Fsp3) is 0.526. The van der Waals surface area contributed by atoms with Gasteiger partial charge in [-0.3, -0.25) is 19.7 Å². The van der Waals surface area contributed by atoms with Crippen molar-refractivity contribution in [2.45, 2.75) is 25.9 Å². The Balaban J connectivity index is 2.47. The van der Waals surface area contributed by atoms with Gasteiger partial charge >= 0.3 is 17.9 Å². The smallest absolute Gasteiger partial charge is 0.323 e. The van der Waals surface area contributed by atoms with E-state index in [1.54, 1.807) is 45.2 Å². The summed E-state index contributed by atoms with van der Waals surface area (Å²) < 4.78 is 20.3. The molecule has 0 unspecified atom stereocenters. The first kappa shape index (κ1) is 20.7. The lowest BCUT2D eigenvalue weighted by Crippen LogP contribution is -2.42. The van der Waals surface area contributed by atoms with Crippen molar-refractivity contribution in [2.75, 3.05) is 27.4 Å². The number of carbonyl (C=O) groups excluding carboxylic acids is 3. The predicted molar refractivity (Wildman–Crippen MR) is 94.9 cm³/mol. The van der Waals surface area contributed by atoms with Gasteiger partial charge in [0.2, 0.25) is 0 Å². The molecule has 1 aromatic rings. The maximum Gasteiger partial charge on any atom is 0.323 e. The number of benzene rings is 1. The van der Waals surface area contributed by atoms with Crippen LogP contribution in [0.2, 0.25) is 0 Å². The molecule has 0 spiro atoms. The number of ether oxygens (including phenoxy) is 4. The third kappa shape index (κ3) is 4.39. The van der Waals surface area contributed by atoms with Crippen molar-refractivity contribution >= 4 is 17.9 Å². The first-order chi connectivity index (χ1) is 13.0. The van der Waals surface area contributed by atoms with Gasteiger partial charge in [-0.2, -0.15) is 0 Å². The molecule has 0 bridgehead atoms. The molecule has 1 N–H and O–H groups in total. The second kappa shape index (κ2) is 9.36. The molecule has 0 aliphatic carbocycles. The fourth-order valence-corrected chi connectivity index (χ4v) is 3.31. The van der Waals surface area contributed by atoms with Crippen LogP contribution in [0.4, 0.5) is 0 Å². The van der Waals surface area contributed by atoms with E-state index in [9.17, 15) is 14.4 Å². The highest BCUT2D eigenvalue weighted by molar-refractivity contribution is 5.91. The molecule has 4 atom stereocenters. The largest absolute Gasteiger partial charge is 0.497 e. The van der Waals surface area contributed by atoms with Crippen molar-refractivity contribution in [1.82, 2.24) is 5.32 Å². The van der Waals surface area contributed by atoms with Gasteiger partial charge in [0.1, 0.15) is 11.8 Å². The molecule has 1 saturated heterocycles. The minimum atomic E-state index is -1.05. The molecular weight excluding hydrogens is 354 g/mol. The number of carbonyl (C=O) groups is 3. The number of hydrogen-bond acceptors (Lipinski definition) is 8. The molecule has 1 aliphatic heterocycles. The van der Waals surface area contributed by atoms with Gasteiger partial charge in [0.15, 0.2) is 0 Å². The van der Waals surface area contributed by atoms with E-state index in [1.807, 2.05) is 0 Å². The Morgan fingerprint density at radius 2 is 1.44 bits per heavy atom. The summed E-state index contributed by atoms with van der Waals surface area (Å²) in [7, 11) is 2.78. The monoisotopic (exact) mass is 379 g/mol. The summed E-state index contributed by atoms with van der Waals surface area (Å²) in [6, 6.07) is 5.38. The topological polar surface area (TPSA) is 100 Å². The van der Waals surface area contributed by atoms with Crippen molar-refractivity contribution in [2.24, 2.45) is 11.8 Å². The average Bonchev–Trinajstić information content (AvgIpc) is 3.08. The normalized spacial score (nSPS) is 24.1. The first-order valence-corrected chi connectivity index (χ1v) is 8.79. The van der Waals surface area contributed by atoms with E-state index in [1.165, 1.54) is 7.11 Å². The molecule has 0 aromatic heterocycles. The molecule has 27 heavy (non-hydrogen) atoms. The number of rotatable bonds is 7. The van der Waals surface area contributed by atoms with Crippen LogP contribution in [0.25, 0.3) is 0 Å². The van der Waals surface area contributed by atoms with Crippen LogP contribution >= 0.6 is 0 Å². The maximum atomic E-state index is 12.7. The molecule has 8 heteroatoms. The lowest BCUT2D eigenvalue weighted by atomic mass is 9.84. The molecule has 1 heterocycles. The van der Waals surface area contributed by atoms with Gasteiger partial charge in [0.05, 0.1) is 39.3 Å². The highest BCUT2D eigenvalue weighted by Gasteiger charge is 2.55. The molecule has 1 fully saturated rings. The minimum Gasteiger partial charge on any atom is -0.497 e. The van der Waals surface area contributed by atoms with E-state index >= 15 is 0 Å². The van der Waals surface area contributed by atoms with Gasteiger partial charge in [-0.1, -0.05) is 12.1 Å². The molecule has 0 radical (unpaired) electrons. The van der Waals surface area contributed by atoms with Crippen LogP contribution in [0.3, 0.4) is 0 Å². The van der Waals surface area contributed by atoms with Gasteiger partial charge in [0, 0.05) is 6.04 Å². The summed E-state index contributed by atoms with van der Waals surface area (Å²) in [4.78, 5) is 37.5. The van der Waals surface area contributed by atoms with Crippen LogP contribution < -0.4 is 10.1 Å². The van der Waals surface area contributed by atoms with Crippen molar-refractivity contribution in [3.05, 3.63) is 29.8 Å². The lowest BCUT2D eigenvalue weighted by molar-refractivity contribution is -0.162. The van der Waals surface area contributed by atoms with E-state index < -0.39 is 41.8 Å². The zero-order valence-corrected chi connectivity index (χ0v) is 15.9. The molecule has 0 saturated carbocycles. The average molecular weight is 379 g/mol. The van der Waals surface area contributed by atoms with Gasteiger partial charge in [0.25, 0.3) is 0 Å². The SMILES string of the molecule is CCOC(=O)[C@@H]1[C@H](C(=O)OCC)[C@H](C(=O)OC)N[C@@H]1c1ccc(OC)cc1. The van der Waals surface area contributed by atoms with Gasteiger partial charge in [-0.15, -0.1) is 0 Å². The third-order valence-corrected chi connectivity index (χ3v) is 4.51. The van der Waals surface area contributed by atoms with Crippen LogP contribution in [0.1, 0.15) is 25.5 Å². The summed E-state index contributed by atoms with van der Waals surface area (Å²) in [5.74, 6) is -3.19. The highest BCUT2D eigenvalue weighted by atomic mass is 16.5. The van der Waals surface area contributed by atoms with E-state index in [2.05, 4.69) is 5.32 Å². The van der Waals surface area contributed by atoms with E-state index in [-0.39, 0.29) is 13.2 Å². The minimum absolute atomic E-state index is 0.131. The number of esters is 3. The van der Waals surface area contributed by atoms with Crippen LogP contribution in [0.15, 0.2) is 24.3 Å². The second-order valence-corrected chi connectivity index (χ2v) is 5.97. The van der Waals surface area contributed by atoms with Gasteiger partial charge < -0.3 is 18.9 Å². The van der Waals surface area contributed by atoms with E-state index in [4.69, 9.17) is 18.9 Å². The summed E-state index contributed by atoms with van der Waals surface area (Å²) in [5, 5.41) is 3.06. The van der Waals surface area contributed by atoms with Crippen molar-refractivity contribution < 1.29 is 33.3 Å². The Morgan fingerprint density at radius 3 is 1.93 bits per heavy atom. The van der Waals surface area contributed by atoms with Crippen LogP contribution in [-0.4, -0.2) is 51.4 Å². The summed E-state index contributed by atoms with van der Waals surface area (Å²) >= 11 is 0. The van der Waals surface area contributed by atoms with Crippen molar-refractivity contribution in [3.8, 4) is 5.75 Å². The molecule has 8 nitrogen and oxygen atoms in total. The fourth-order valence-electron chi connectivity index (χ4n) is 3.31. The Bertz CT molecular complexity index is 673. The molecule has 148 valence electrons. The van der Waals surface area contributed by atoms with Crippen LogP contribution in [-0.2, 0) is 28.6 Å². The van der Waals surface area contributed by atoms with E-state index in [0.717, 1.165) is 5.56 Å². The molecule has 0 amide bonds. The Kier molecular flexibility index (Phi) is 7.18. The van der Waals surface area contributed by atoms with Gasteiger partial charge in [-0.25, -0.2) is 0 Å². The van der Waals surface area contributed by atoms with Crippen LogP contribution in [0, 0.1) is 11.8 Å². The summed E-state index contributed by atoms with van der Waals surface area (Å²) in [6.07, 6.45) is 0. The quantitative estimate of drug-likeness (QED) is 0.558. The standard InChI is InChI=1S/C19H25NO7/c1-5-26-17(21)13-14(18(22)27-6-2)16(19(23)25-4)20-15(13)11-7-9-12(24-3)10-8-11/h7-10,13-16,20H,5-6H2,1-4H3/t13-,14+,15-,16-/m1/s1. The summed E-state index contributed by atoms with van der Waals surface area (Å²) in [5.41, 5.74) is 0.717. The lowest BCUT2D eigenvalue weighted by Gasteiger charge is -2.22. The first-order valence-electron chi connectivity index (χ1n) is 8.79. The second-order valence-electron chi connectivity index (χ2n) is 5.97. The highest BCUT2D eigenvalue weighted by Crippen LogP contribution is 2.40. The zero-order valence-electron chi connectivity index (χ0n) is 15.9. The summed E-state index contributed by atoms with van der Waals surface area (Å²) in [6.45, 7) is 3.63. The Morgan fingerprint density at radius 1 is 0.889 bits per heavy atom. The third-order valence-electron chi connectivity index (χ3n) is 4.51. The Labute approximate surface area is 158 Å². The Hall–Kier alpha value is -2.61. The van der Waals surface area contributed by atoms with Crippen molar-refractivity contribution in [1.29, 1.82) is 0 Å². The van der Waals surface area contributed by atoms with Crippen molar-refractivity contribution in [3.63, 3.8) is 0 Å². The number of nitrogens with one attached hydrogen (secondary N) is 1. The predicted octanol–water partition coefficient (Wildman–Crippen LogP) is 1.24. The van der Waals surface area contributed by atoms with Gasteiger partial charge in [-0.05, 0) is 31.5 Å². The van der Waals surface area contributed by atoms with E-state index in [0.29, 0.717) is 5.75 Å². The molecule has 2 rings (SSSR count). The molecule has 1 aromatic carbocycles. The molecule has 1 aliphatic rings.